The van der Waals surface area contributed by atoms with E-state index in [0.717, 1.165) is 14.8 Å². The van der Waals surface area contributed by atoms with Crippen LogP contribution in [0, 0.1) is 14.9 Å². The highest BCUT2D eigenvalue weighted by Gasteiger charge is 2.05. The maximum Gasteiger partial charge on any atom is 0.0991 e. The highest BCUT2D eigenvalue weighted by molar-refractivity contribution is 14.1. The van der Waals surface area contributed by atoms with Gasteiger partial charge in [-0.05, 0) is 40.8 Å². The molecule has 0 fully saturated rings. The summed E-state index contributed by atoms with van der Waals surface area (Å²) >= 11 is 8.27. The third kappa shape index (κ3) is 2.34. The SMILES string of the molecule is N#Cc1ccc(-c2ncc(I)cc2Cl)cc1. The van der Waals surface area contributed by atoms with Gasteiger partial charge in [0.2, 0.25) is 0 Å². The second kappa shape index (κ2) is 4.81. The fourth-order valence-corrected chi connectivity index (χ4v) is 2.24. The minimum absolute atomic E-state index is 0.622. The van der Waals surface area contributed by atoms with E-state index in [0.29, 0.717) is 10.6 Å². The molecule has 1 aromatic carbocycles. The zero-order chi connectivity index (χ0) is 11.5. The number of pyridine rings is 1. The van der Waals surface area contributed by atoms with E-state index >= 15 is 0 Å². The van der Waals surface area contributed by atoms with Crippen LogP contribution in [-0.2, 0) is 0 Å². The van der Waals surface area contributed by atoms with Crippen molar-refractivity contribution in [3.05, 3.63) is 50.7 Å². The Morgan fingerprint density at radius 2 is 1.94 bits per heavy atom. The number of hydrogen-bond acceptors (Lipinski definition) is 2. The molecule has 0 saturated heterocycles. The first-order valence-electron chi connectivity index (χ1n) is 4.52. The maximum atomic E-state index is 8.70. The van der Waals surface area contributed by atoms with Crippen molar-refractivity contribution in [3.63, 3.8) is 0 Å². The van der Waals surface area contributed by atoms with Gasteiger partial charge >= 0.3 is 0 Å². The van der Waals surface area contributed by atoms with E-state index in [2.05, 4.69) is 33.6 Å². The Kier molecular flexibility index (Phi) is 3.42. The van der Waals surface area contributed by atoms with E-state index in [-0.39, 0.29) is 0 Å². The van der Waals surface area contributed by atoms with Gasteiger partial charge in [0.05, 0.1) is 22.3 Å². The van der Waals surface area contributed by atoms with E-state index in [1.807, 2.05) is 18.2 Å². The summed E-state index contributed by atoms with van der Waals surface area (Å²) in [6, 6.07) is 11.1. The zero-order valence-electron chi connectivity index (χ0n) is 8.11. The third-order valence-electron chi connectivity index (χ3n) is 2.10. The Morgan fingerprint density at radius 1 is 1.25 bits per heavy atom. The Balaban J connectivity index is 2.47. The molecule has 78 valence electrons. The van der Waals surface area contributed by atoms with E-state index in [1.165, 1.54) is 0 Å². The van der Waals surface area contributed by atoms with Crippen molar-refractivity contribution in [2.45, 2.75) is 0 Å². The number of rotatable bonds is 1. The Bertz CT molecular complexity index is 558. The van der Waals surface area contributed by atoms with Crippen LogP contribution in [0.4, 0.5) is 0 Å². The van der Waals surface area contributed by atoms with Gasteiger partial charge in [0, 0.05) is 15.3 Å². The topological polar surface area (TPSA) is 36.7 Å². The standard InChI is InChI=1S/C12H6ClIN2/c13-11-5-10(14)7-16-12(11)9-3-1-8(6-15)2-4-9/h1-5,7H. The van der Waals surface area contributed by atoms with Crippen LogP contribution in [-0.4, -0.2) is 4.98 Å². The molecular weight excluding hydrogens is 335 g/mol. The molecule has 1 heterocycles. The van der Waals surface area contributed by atoms with E-state index < -0.39 is 0 Å². The fourth-order valence-electron chi connectivity index (χ4n) is 1.33. The molecule has 0 aliphatic rings. The molecule has 0 bridgehead atoms. The molecular formula is C12H6ClIN2. The van der Waals surface area contributed by atoms with E-state index in [4.69, 9.17) is 16.9 Å². The summed E-state index contributed by atoms with van der Waals surface area (Å²) in [4.78, 5) is 4.28. The third-order valence-corrected chi connectivity index (χ3v) is 2.97. The highest BCUT2D eigenvalue weighted by atomic mass is 127. The minimum atomic E-state index is 0.622. The first kappa shape index (κ1) is 11.4. The average Bonchev–Trinajstić information content (AvgIpc) is 2.29. The molecule has 0 unspecified atom stereocenters. The first-order valence-corrected chi connectivity index (χ1v) is 5.98. The summed E-state index contributed by atoms with van der Waals surface area (Å²) in [7, 11) is 0. The summed E-state index contributed by atoms with van der Waals surface area (Å²) in [5.74, 6) is 0. The Hall–Kier alpha value is -1.12. The lowest BCUT2D eigenvalue weighted by Gasteiger charge is -2.03. The van der Waals surface area contributed by atoms with E-state index in [9.17, 15) is 0 Å². The highest BCUT2D eigenvalue weighted by Crippen LogP contribution is 2.26. The quantitative estimate of drug-likeness (QED) is 0.739. The summed E-state index contributed by atoms with van der Waals surface area (Å²) in [5, 5.41) is 9.32. The molecule has 4 heteroatoms. The largest absolute Gasteiger partial charge is 0.254 e. The molecule has 0 N–H and O–H groups in total. The first-order chi connectivity index (χ1) is 7.70. The predicted molar refractivity (Wildman–Crippen MR) is 72.1 cm³/mol. The summed E-state index contributed by atoms with van der Waals surface area (Å²) in [6.07, 6.45) is 1.76. The maximum absolute atomic E-state index is 8.70. The molecule has 0 atom stereocenters. The molecule has 0 radical (unpaired) electrons. The Morgan fingerprint density at radius 3 is 2.50 bits per heavy atom. The van der Waals surface area contributed by atoms with Gasteiger partial charge in [0.1, 0.15) is 0 Å². The van der Waals surface area contributed by atoms with Gasteiger partial charge in [-0.15, -0.1) is 0 Å². The molecule has 2 aromatic rings. The molecule has 0 saturated carbocycles. The number of nitriles is 1. The van der Waals surface area contributed by atoms with Gasteiger partial charge in [0.15, 0.2) is 0 Å². The van der Waals surface area contributed by atoms with Crippen LogP contribution in [0.2, 0.25) is 5.02 Å². The smallest absolute Gasteiger partial charge is 0.0991 e. The van der Waals surface area contributed by atoms with Crippen LogP contribution in [0.3, 0.4) is 0 Å². The van der Waals surface area contributed by atoms with Gasteiger partial charge in [0.25, 0.3) is 0 Å². The molecule has 1 aromatic heterocycles. The summed E-state index contributed by atoms with van der Waals surface area (Å²) in [5.41, 5.74) is 2.29. The van der Waals surface area contributed by atoms with Gasteiger partial charge in [-0.1, -0.05) is 23.7 Å². The van der Waals surface area contributed by atoms with Crippen molar-refractivity contribution in [2.75, 3.05) is 0 Å². The zero-order valence-corrected chi connectivity index (χ0v) is 11.0. The molecule has 16 heavy (non-hydrogen) atoms. The number of benzene rings is 1. The van der Waals surface area contributed by atoms with Crippen LogP contribution in [0.1, 0.15) is 5.56 Å². The Labute approximate surface area is 112 Å². The lowest BCUT2D eigenvalue weighted by atomic mass is 10.1. The normalized spacial score (nSPS) is 9.81. The van der Waals surface area contributed by atoms with Crippen molar-refractivity contribution in [1.82, 2.24) is 4.98 Å². The van der Waals surface area contributed by atoms with Crippen molar-refractivity contribution < 1.29 is 0 Å². The van der Waals surface area contributed by atoms with Crippen molar-refractivity contribution in [1.29, 1.82) is 5.26 Å². The number of hydrogen-bond donors (Lipinski definition) is 0. The fraction of sp³-hybridized carbons (Fsp3) is 0. The van der Waals surface area contributed by atoms with Crippen LogP contribution in [0.5, 0.6) is 0 Å². The molecule has 0 amide bonds. The van der Waals surface area contributed by atoms with Gasteiger partial charge in [-0.3, -0.25) is 4.98 Å². The van der Waals surface area contributed by atoms with Crippen molar-refractivity contribution in [3.8, 4) is 17.3 Å². The predicted octanol–water partition coefficient (Wildman–Crippen LogP) is 3.88. The van der Waals surface area contributed by atoms with Gasteiger partial charge < -0.3 is 0 Å². The van der Waals surface area contributed by atoms with Crippen molar-refractivity contribution >= 4 is 34.2 Å². The van der Waals surface area contributed by atoms with Crippen LogP contribution < -0.4 is 0 Å². The number of nitrogens with zero attached hydrogens (tertiary/aromatic N) is 2. The second-order valence-corrected chi connectivity index (χ2v) is 4.83. The molecule has 2 nitrogen and oxygen atoms in total. The number of aromatic nitrogens is 1. The monoisotopic (exact) mass is 340 g/mol. The average molecular weight is 341 g/mol. The number of halogens is 2. The van der Waals surface area contributed by atoms with Crippen molar-refractivity contribution in [2.24, 2.45) is 0 Å². The van der Waals surface area contributed by atoms with Crippen LogP contribution in [0.25, 0.3) is 11.3 Å². The summed E-state index contributed by atoms with van der Waals surface area (Å²) < 4.78 is 1.000. The lowest BCUT2D eigenvalue weighted by Crippen LogP contribution is -1.86. The van der Waals surface area contributed by atoms with Crippen LogP contribution in [0.15, 0.2) is 36.5 Å². The summed E-state index contributed by atoms with van der Waals surface area (Å²) in [6.45, 7) is 0. The lowest BCUT2D eigenvalue weighted by molar-refractivity contribution is 1.30. The molecule has 0 spiro atoms. The van der Waals surface area contributed by atoms with E-state index in [1.54, 1.807) is 18.3 Å². The van der Waals surface area contributed by atoms with Crippen LogP contribution >= 0.6 is 34.2 Å². The molecule has 0 aliphatic carbocycles. The molecule has 0 aliphatic heterocycles. The minimum Gasteiger partial charge on any atom is -0.254 e. The second-order valence-electron chi connectivity index (χ2n) is 3.17. The molecule has 2 rings (SSSR count). The van der Waals surface area contributed by atoms with Gasteiger partial charge in [-0.25, -0.2) is 0 Å². The van der Waals surface area contributed by atoms with Gasteiger partial charge in [-0.2, -0.15) is 5.26 Å².